The molecular formula is C27H34N2O5. The van der Waals surface area contributed by atoms with Gasteiger partial charge < -0.3 is 20.5 Å². The van der Waals surface area contributed by atoms with E-state index in [0.29, 0.717) is 25.8 Å². The molecule has 0 fully saturated rings. The van der Waals surface area contributed by atoms with E-state index in [1.54, 1.807) is 6.92 Å². The number of nitrogens with one attached hydrogen (secondary N) is 2. The number of rotatable bonds is 12. The summed E-state index contributed by atoms with van der Waals surface area (Å²) in [6, 6.07) is 16.4. The molecule has 182 valence electrons. The third kappa shape index (κ3) is 6.83. The molecule has 0 aromatic heterocycles. The van der Waals surface area contributed by atoms with E-state index in [2.05, 4.69) is 34.9 Å². The van der Waals surface area contributed by atoms with E-state index in [0.717, 1.165) is 12.8 Å². The highest BCUT2D eigenvalue weighted by molar-refractivity contribution is 5.79. The highest BCUT2D eigenvalue weighted by Crippen LogP contribution is 2.44. The lowest BCUT2D eigenvalue weighted by molar-refractivity contribution is -0.141. The van der Waals surface area contributed by atoms with E-state index in [1.165, 1.54) is 22.3 Å². The first kappa shape index (κ1) is 25.3. The molecule has 2 aromatic rings. The number of amides is 2. The van der Waals surface area contributed by atoms with Crippen molar-refractivity contribution in [3.8, 4) is 11.1 Å². The van der Waals surface area contributed by atoms with E-state index >= 15 is 0 Å². The second-order valence-electron chi connectivity index (χ2n) is 8.99. The Morgan fingerprint density at radius 1 is 0.941 bits per heavy atom. The molecule has 3 N–H and O–H groups in total. The van der Waals surface area contributed by atoms with Crippen LogP contribution >= 0.6 is 0 Å². The van der Waals surface area contributed by atoms with Gasteiger partial charge in [-0.2, -0.15) is 0 Å². The lowest BCUT2D eigenvalue weighted by atomic mass is 9.98. The molecule has 2 aromatic carbocycles. The largest absolute Gasteiger partial charge is 0.481 e. The maximum Gasteiger partial charge on any atom is 0.407 e. The van der Waals surface area contributed by atoms with Crippen molar-refractivity contribution in [3.05, 3.63) is 59.7 Å². The Labute approximate surface area is 200 Å². The number of carboxylic acid groups (broad SMARTS) is 1. The molecule has 1 aliphatic rings. The Hall–Kier alpha value is -3.35. The minimum Gasteiger partial charge on any atom is -0.481 e. The molecule has 0 spiro atoms. The van der Waals surface area contributed by atoms with Crippen LogP contribution in [0.1, 0.15) is 63.0 Å². The van der Waals surface area contributed by atoms with E-state index < -0.39 is 12.1 Å². The minimum atomic E-state index is -0.791. The molecule has 2 amide bonds. The van der Waals surface area contributed by atoms with Crippen LogP contribution in [0, 0.1) is 5.92 Å². The van der Waals surface area contributed by atoms with Crippen molar-refractivity contribution in [2.24, 2.45) is 5.92 Å². The summed E-state index contributed by atoms with van der Waals surface area (Å²) in [5.74, 6) is -1.22. The molecule has 7 nitrogen and oxygen atoms in total. The van der Waals surface area contributed by atoms with Gasteiger partial charge in [0, 0.05) is 24.9 Å². The SMILES string of the molecule is CC(CCCC(C)C(=O)O)NC(=O)CCCNC(=O)OCC1c2ccccc2-c2ccccc21. The molecule has 0 saturated heterocycles. The van der Waals surface area contributed by atoms with Gasteiger partial charge in [0.25, 0.3) is 0 Å². The number of ether oxygens (including phenoxy) is 1. The molecule has 0 radical (unpaired) electrons. The van der Waals surface area contributed by atoms with Gasteiger partial charge in [-0.1, -0.05) is 61.9 Å². The summed E-state index contributed by atoms with van der Waals surface area (Å²) < 4.78 is 5.50. The molecule has 2 unspecified atom stereocenters. The Balaban J connectivity index is 1.33. The quantitative estimate of drug-likeness (QED) is 0.393. The standard InChI is InChI=1S/C27H34N2O5/c1-18(26(31)32)9-7-10-19(2)29-25(30)15-8-16-28-27(33)34-17-24-22-13-5-3-11-20(22)21-12-4-6-14-23(21)24/h3-6,11-14,18-19,24H,7-10,15-17H2,1-2H3,(H,28,33)(H,29,30)(H,31,32). The number of alkyl carbamates (subject to hydrolysis) is 1. The molecule has 7 heteroatoms. The average molecular weight is 467 g/mol. The molecule has 2 atom stereocenters. The topological polar surface area (TPSA) is 105 Å². The zero-order valence-electron chi connectivity index (χ0n) is 19.9. The van der Waals surface area contributed by atoms with Crippen molar-refractivity contribution < 1.29 is 24.2 Å². The number of carbonyl (C=O) groups is 3. The van der Waals surface area contributed by atoms with Gasteiger partial charge in [-0.05, 0) is 48.4 Å². The number of carboxylic acids is 1. The van der Waals surface area contributed by atoms with Crippen molar-refractivity contribution in [2.45, 2.75) is 57.9 Å². The normalized spacial score (nSPS) is 13.9. The second kappa shape index (κ2) is 12.2. The summed E-state index contributed by atoms with van der Waals surface area (Å²) in [6.07, 6.45) is 2.42. The number of aliphatic carboxylic acids is 1. The smallest absolute Gasteiger partial charge is 0.407 e. The van der Waals surface area contributed by atoms with E-state index in [4.69, 9.17) is 9.84 Å². The maximum absolute atomic E-state index is 12.2. The number of benzene rings is 2. The second-order valence-corrected chi connectivity index (χ2v) is 8.99. The van der Waals surface area contributed by atoms with Crippen LogP contribution in [0.2, 0.25) is 0 Å². The zero-order valence-corrected chi connectivity index (χ0v) is 19.9. The van der Waals surface area contributed by atoms with Crippen LogP contribution in [0.25, 0.3) is 11.1 Å². The average Bonchev–Trinajstić information content (AvgIpc) is 3.14. The van der Waals surface area contributed by atoms with Crippen molar-refractivity contribution in [2.75, 3.05) is 13.2 Å². The molecular weight excluding hydrogens is 432 g/mol. The molecule has 1 aliphatic carbocycles. The van der Waals surface area contributed by atoms with E-state index in [1.807, 2.05) is 31.2 Å². The summed E-state index contributed by atoms with van der Waals surface area (Å²) in [4.78, 5) is 35.1. The predicted molar refractivity (Wildman–Crippen MR) is 131 cm³/mol. The minimum absolute atomic E-state index is 0.0106. The third-order valence-electron chi connectivity index (χ3n) is 6.30. The van der Waals surface area contributed by atoms with Gasteiger partial charge in [0.05, 0.1) is 5.92 Å². The van der Waals surface area contributed by atoms with Crippen LogP contribution < -0.4 is 10.6 Å². The summed E-state index contributed by atoms with van der Waals surface area (Å²) in [6.45, 7) is 4.22. The van der Waals surface area contributed by atoms with Crippen LogP contribution in [0.4, 0.5) is 4.79 Å². The van der Waals surface area contributed by atoms with Gasteiger partial charge in [-0.15, -0.1) is 0 Å². The van der Waals surface area contributed by atoms with Gasteiger partial charge >= 0.3 is 12.1 Å². The molecule has 34 heavy (non-hydrogen) atoms. The van der Waals surface area contributed by atoms with Crippen LogP contribution in [0.15, 0.2) is 48.5 Å². The van der Waals surface area contributed by atoms with Crippen molar-refractivity contribution in [3.63, 3.8) is 0 Å². The van der Waals surface area contributed by atoms with Gasteiger partial charge in [-0.3, -0.25) is 9.59 Å². The lowest BCUT2D eigenvalue weighted by Crippen LogP contribution is -2.33. The zero-order chi connectivity index (χ0) is 24.5. The first-order chi connectivity index (χ1) is 16.4. The highest BCUT2D eigenvalue weighted by Gasteiger charge is 2.28. The molecule has 0 bridgehead atoms. The lowest BCUT2D eigenvalue weighted by Gasteiger charge is -2.15. The summed E-state index contributed by atoms with van der Waals surface area (Å²) in [5.41, 5.74) is 4.70. The van der Waals surface area contributed by atoms with Crippen molar-refractivity contribution in [1.29, 1.82) is 0 Å². The fraction of sp³-hybridized carbons (Fsp3) is 0.444. The number of carbonyl (C=O) groups excluding carboxylic acids is 2. The fourth-order valence-corrected chi connectivity index (χ4v) is 4.36. The molecule has 3 rings (SSSR count). The number of fused-ring (bicyclic) bond motifs is 3. The van der Waals surface area contributed by atoms with Crippen LogP contribution in [0.3, 0.4) is 0 Å². The Morgan fingerprint density at radius 3 is 2.18 bits per heavy atom. The van der Waals surface area contributed by atoms with Gasteiger partial charge in [-0.25, -0.2) is 4.79 Å². The summed E-state index contributed by atoms with van der Waals surface area (Å²) >= 11 is 0. The van der Waals surface area contributed by atoms with Crippen molar-refractivity contribution >= 4 is 18.0 Å². The van der Waals surface area contributed by atoms with Gasteiger partial charge in [0.15, 0.2) is 0 Å². The van der Waals surface area contributed by atoms with Crippen molar-refractivity contribution in [1.82, 2.24) is 10.6 Å². The predicted octanol–water partition coefficient (Wildman–Crippen LogP) is 4.70. The monoisotopic (exact) mass is 466 g/mol. The Morgan fingerprint density at radius 2 is 1.56 bits per heavy atom. The number of hydrogen-bond donors (Lipinski definition) is 3. The van der Waals surface area contributed by atoms with Gasteiger partial charge in [0.2, 0.25) is 5.91 Å². The fourth-order valence-electron chi connectivity index (χ4n) is 4.36. The van der Waals surface area contributed by atoms with Crippen LogP contribution in [-0.2, 0) is 14.3 Å². The Kier molecular flexibility index (Phi) is 9.08. The first-order valence-corrected chi connectivity index (χ1v) is 12.0. The molecule has 0 heterocycles. The van der Waals surface area contributed by atoms with Crippen LogP contribution in [0.5, 0.6) is 0 Å². The van der Waals surface area contributed by atoms with E-state index in [-0.39, 0.29) is 30.4 Å². The number of hydrogen-bond acceptors (Lipinski definition) is 4. The summed E-state index contributed by atoms with van der Waals surface area (Å²) in [5, 5.41) is 14.6. The van der Waals surface area contributed by atoms with E-state index in [9.17, 15) is 14.4 Å². The summed E-state index contributed by atoms with van der Waals surface area (Å²) in [7, 11) is 0. The Bertz CT molecular complexity index is 961. The maximum atomic E-state index is 12.2. The first-order valence-electron chi connectivity index (χ1n) is 12.0. The highest BCUT2D eigenvalue weighted by atomic mass is 16.5. The molecule has 0 saturated carbocycles. The molecule has 0 aliphatic heterocycles. The van der Waals surface area contributed by atoms with Gasteiger partial charge in [0.1, 0.15) is 6.61 Å². The van der Waals surface area contributed by atoms with Crippen LogP contribution in [-0.4, -0.2) is 42.3 Å². The third-order valence-corrected chi connectivity index (χ3v) is 6.30.